The Morgan fingerprint density at radius 3 is 1.57 bits per heavy atom. The van der Waals surface area contributed by atoms with Gasteiger partial charge in [0.15, 0.2) is 0 Å². The molecule has 0 saturated heterocycles. The molecule has 0 N–H and O–H groups in total. The van der Waals surface area contributed by atoms with Crippen molar-refractivity contribution >= 4 is 0 Å². The van der Waals surface area contributed by atoms with Crippen LogP contribution in [0.25, 0.3) is 0 Å². The van der Waals surface area contributed by atoms with E-state index in [9.17, 15) is 0 Å². The molecule has 0 rings (SSSR count). The normalized spacial score (nSPS) is 3.57. The zero-order chi connectivity index (χ0) is 3.41. The van der Waals surface area contributed by atoms with Gasteiger partial charge in [-0.05, 0) is 6.42 Å². The van der Waals surface area contributed by atoms with E-state index in [0.29, 0.717) is 0 Å². The summed E-state index contributed by atoms with van der Waals surface area (Å²) in [4.78, 5) is 0. The standard InChI is InChI=1S/C4H8.2O.Ti/c1-3-4-2;;;/h3H,1,4H2,2H3;;;/q;2*-2;+4. The molecule has 0 atom stereocenters. The first-order chi connectivity index (χ1) is 1.91. The van der Waals surface area contributed by atoms with Crippen LogP contribution >= 0.6 is 0 Å². The minimum atomic E-state index is 0. The summed E-state index contributed by atoms with van der Waals surface area (Å²) in [5, 5.41) is 0. The van der Waals surface area contributed by atoms with Gasteiger partial charge >= 0.3 is 21.7 Å². The molecule has 2 nitrogen and oxygen atoms in total. The summed E-state index contributed by atoms with van der Waals surface area (Å²) in [6.45, 7) is 5.54. The summed E-state index contributed by atoms with van der Waals surface area (Å²) in [5.41, 5.74) is 0. The largest absolute Gasteiger partial charge is 4.00 e. The van der Waals surface area contributed by atoms with E-state index in [1.807, 2.05) is 6.08 Å². The molecule has 40 valence electrons. The molecule has 0 heterocycles. The fraction of sp³-hybridized carbons (Fsp3) is 0.500. The molecule has 0 saturated carbocycles. The third-order valence-corrected chi connectivity index (χ3v) is 0.289. The van der Waals surface area contributed by atoms with Crippen molar-refractivity contribution in [3.05, 3.63) is 12.7 Å². The van der Waals surface area contributed by atoms with Crippen LogP contribution in [0.5, 0.6) is 0 Å². The van der Waals surface area contributed by atoms with Crippen molar-refractivity contribution in [2.24, 2.45) is 0 Å². The fourth-order valence-electron chi connectivity index (χ4n) is 0. The molecular formula is C4H8O2Ti. The Hall–Kier alpha value is 0.374. The van der Waals surface area contributed by atoms with Crippen molar-refractivity contribution in [3.63, 3.8) is 0 Å². The Bertz CT molecular complexity index is 23.7. The second-order valence-corrected chi connectivity index (χ2v) is 0.697. The summed E-state index contributed by atoms with van der Waals surface area (Å²) in [5.74, 6) is 0. The third-order valence-electron chi connectivity index (χ3n) is 0.289. The predicted octanol–water partition coefficient (Wildman–Crippen LogP) is 1.34. The molecule has 0 radical (unpaired) electrons. The molecule has 0 spiro atoms. The summed E-state index contributed by atoms with van der Waals surface area (Å²) in [6.07, 6.45) is 2.96. The molecule has 3 heteroatoms. The van der Waals surface area contributed by atoms with Crippen molar-refractivity contribution in [3.8, 4) is 0 Å². The zero-order valence-corrected chi connectivity index (χ0v) is 5.87. The minimum absolute atomic E-state index is 0. The average molecular weight is 136 g/mol. The van der Waals surface area contributed by atoms with Crippen LogP contribution in [0, 0.1) is 0 Å². The van der Waals surface area contributed by atoms with Gasteiger partial charge in [0, 0.05) is 0 Å². The molecule has 0 bridgehead atoms. The van der Waals surface area contributed by atoms with Gasteiger partial charge in [0.05, 0.1) is 0 Å². The van der Waals surface area contributed by atoms with Crippen LogP contribution in [0.2, 0.25) is 0 Å². The molecule has 0 aromatic carbocycles. The van der Waals surface area contributed by atoms with E-state index < -0.39 is 0 Å². The first kappa shape index (κ1) is 26.3. The van der Waals surface area contributed by atoms with Gasteiger partial charge < -0.3 is 11.0 Å². The molecular weight excluding hydrogens is 128 g/mol. The molecule has 0 unspecified atom stereocenters. The molecule has 0 aliphatic rings. The van der Waals surface area contributed by atoms with Gasteiger partial charge in [0.1, 0.15) is 0 Å². The summed E-state index contributed by atoms with van der Waals surface area (Å²) in [7, 11) is 0. The van der Waals surface area contributed by atoms with Gasteiger partial charge in [-0.3, -0.25) is 0 Å². The Morgan fingerprint density at radius 2 is 1.57 bits per heavy atom. The SMILES string of the molecule is C=CCC.[O-2].[O-2].[Ti+4]. The molecule has 0 aromatic heterocycles. The summed E-state index contributed by atoms with van der Waals surface area (Å²) >= 11 is 0. The fourth-order valence-corrected chi connectivity index (χ4v) is 0. The summed E-state index contributed by atoms with van der Waals surface area (Å²) < 4.78 is 0. The first-order valence-electron chi connectivity index (χ1n) is 1.52. The van der Waals surface area contributed by atoms with Gasteiger partial charge in [-0.15, -0.1) is 6.58 Å². The van der Waals surface area contributed by atoms with E-state index in [4.69, 9.17) is 0 Å². The molecule has 0 aromatic rings. The van der Waals surface area contributed by atoms with Crippen molar-refractivity contribution in [2.75, 3.05) is 0 Å². The van der Waals surface area contributed by atoms with Crippen molar-refractivity contribution < 1.29 is 32.7 Å². The second-order valence-electron chi connectivity index (χ2n) is 0.697. The van der Waals surface area contributed by atoms with Crippen LogP contribution in [0.3, 0.4) is 0 Å². The van der Waals surface area contributed by atoms with E-state index in [1.54, 1.807) is 0 Å². The smallest absolute Gasteiger partial charge is 2.00 e. The average Bonchev–Trinajstić information content (AvgIpc) is 1.37. The van der Waals surface area contributed by atoms with E-state index in [-0.39, 0.29) is 32.7 Å². The molecule has 0 fully saturated rings. The van der Waals surface area contributed by atoms with Crippen molar-refractivity contribution in [2.45, 2.75) is 13.3 Å². The maximum atomic E-state index is 3.48. The molecule has 0 aliphatic heterocycles. The van der Waals surface area contributed by atoms with Crippen molar-refractivity contribution in [1.82, 2.24) is 0 Å². The second kappa shape index (κ2) is 32.7. The van der Waals surface area contributed by atoms with Crippen LogP contribution in [0.4, 0.5) is 0 Å². The summed E-state index contributed by atoms with van der Waals surface area (Å²) in [6, 6.07) is 0. The number of hydrogen-bond donors (Lipinski definition) is 0. The Balaban J connectivity index is -0.0000000150. The Kier molecular flexibility index (Phi) is 123. The molecule has 7 heavy (non-hydrogen) atoms. The van der Waals surface area contributed by atoms with Gasteiger partial charge in [0.2, 0.25) is 0 Å². The minimum Gasteiger partial charge on any atom is -2.00 e. The van der Waals surface area contributed by atoms with Crippen LogP contribution in [0.1, 0.15) is 13.3 Å². The zero-order valence-electron chi connectivity index (χ0n) is 4.31. The van der Waals surface area contributed by atoms with E-state index in [2.05, 4.69) is 13.5 Å². The van der Waals surface area contributed by atoms with Gasteiger partial charge in [-0.1, -0.05) is 13.0 Å². The van der Waals surface area contributed by atoms with Gasteiger partial charge in [-0.25, -0.2) is 0 Å². The van der Waals surface area contributed by atoms with Crippen LogP contribution in [0.15, 0.2) is 12.7 Å². The van der Waals surface area contributed by atoms with E-state index in [0.717, 1.165) is 6.42 Å². The van der Waals surface area contributed by atoms with Crippen LogP contribution in [-0.2, 0) is 32.7 Å². The first-order valence-corrected chi connectivity index (χ1v) is 1.52. The predicted molar refractivity (Wildman–Crippen MR) is 21.9 cm³/mol. The topological polar surface area (TPSA) is 57.0 Å². The van der Waals surface area contributed by atoms with Gasteiger partial charge in [-0.2, -0.15) is 0 Å². The number of rotatable bonds is 1. The maximum Gasteiger partial charge on any atom is 4.00 e. The van der Waals surface area contributed by atoms with E-state index in [1.165, 1.54) is 0 Å². The number of allylic oxidation sites excluding steroid dienone is 1. The van der Waals surface area contributed by atoms with Crippen molar-refractivity contribution in [1.29, 1.82) is 0 Å². The maximum absolute atomic E-state index is 3.48. The third kappa shape index (κ3) is 64.6. The Labute approximate surface area is 59.1 Å². The quantitative estimate of drug-likeness (QED) is 0.385. The van der Waals surface area contributed by atoms with Crippen LogP contribution < -0.4 is 0 Å². The molecule has 0 aliphatic carbocycles. The monoisotopic (exact) mass is 136 g/mol. The molecule has 0 amide bonds. The van der Waals surface area contributed by atoms with Gasteiger partial charge in [0.25, 0.3) is 0 Å². The number of hydrogen-bond acceptors (Lipinski definition) is 0. The van der Waals surface area contributed by atoms with E-state index >= 15 is 0 Å². The van der Waals surface area contributed by atoms with Crippen LogP contribution in [-0.4, -0.2) is 0 Å². The Morgan fingerprint density at radius 1 is 1.43 bits per heavy atom.